The highest BCUT2D eigenvalue weighted by Gasteiger charge is 2.26. The molecular weight excluding hydrogens is 346 g/mol. The fraction of sp³-hybridized carbons (Fsp3) is 0.0952. The first-order chi connectivity index (χ1) is 13.0. The number of furan rings is 1. The molecule has 0 spiro atoms. The molecule has 6 heteroatoms. The van der Waals surface area contributed by atoms with Crippen molar-refractivity contribution in [2.24, 2.45) is 0 Å². The number of hydrogen-bond acceptors (Lipinski definition) is 5. The second-order valence-corrected chi connectivity index (χ2v) is 5.80. The number of Topliss-reactive ketones (excluding diaryl/α,β-unsaturated/α-hetero) is 1. The molecule has 0 saturated heterocycles. The predicted octanol–water partition coefficient (Wildman–Crippen LogP) is 4.02. The van der Waals surface area contributed by atoms with E-state index in [-0.39, 0.29) is 11.5 Å². The number of benzene rings is 2. The monoisotopic (exact) mass is 363 g/mol. The first-order valence-corrected chi connectivity index (χ1v) is 8.26. The number of nitrogens with one attached hydrogen (secondary N) is 1. The SMILES string of the molecule is CC(=O)c1cccc(NC(=O)[C@@H](OC(=O)c2ccco2)c2ccccc2)c1. The zero-order chi connectivity index (χ0) is 19.2. The van der Waals surface area contributed by atoms with Crippen molar-refractivity contribution in [3.05, 3.63) is 89.9 Å². The average molecular weight is 363 g/mol. The number of carbonyl (C=O) groups excluding carboxylic acids is 3. The van der Waals surface area contributed by atoms with E-state index in [1.807, 2.05) is 0 Å². The van der Waals surface area contributed by atoms with E-state index in [4.69, 9.17) is 9.15 Å². The lowest BCUT2D eigenvalue weighted by Gasteiger charge is -2.17. The van der Waals surface area contributed by atoms with Crippen molar-refractivity contribution in [1.82, 2.24) is 0 Å². The lowest BCUT2D eigenvalue weighted by molar-refractivity contribution is -0.125. The second-order valence-electron chi connectivity index (χ2n) is 5.80. The van der Waals surface area contributed by atoms with Crippen LogP contribution in [0.1, 0.15) is 39.5 Å². The molecule has 27 heavy (non-hydrogen) atoms. The van der Waals surface area contributed by atoms with Gasteiger partial charge in [0.15, 0.2) is 5.78 Å². The number of carbonyl (C=O) groups is 3. The maximum atomic E-state index is 12.8. The molecule has 0 fully saturated rings. The van der Waals surface area contributed by atoms with Gasteiger partial charge in [0.25, 0.3) is 5.91 Å². The topological polar surface area (TPSA) is 85.6 Å². The van der Waals surface area contributed by atoms with E-state index >= 15 is 0 Å². The Morgan fingerprint density at radius 3 is 2.41 bits per heavy atom. The van der Waals surface area contributed by atoms with Gasteiger partial charge in [-0.25, -0.2) is 4.79 Å². The number of ether oxygens (including phenoxy) is 1. The van der Waals surface area contributed by atoms with Crippen molar-refractivity contribution in [3.63, 3.8) is 0 Å². The Morgan fingerprint density at radius 1 is 0.963 bits per heavy atom. The van der Waals surface area contributed by atoms with Gasteiger partial charge in [-0.15, -0.1) is 0 Å². The van der Waals surface area contributed by atoms with Crippen LogP contribution in [0.2, 0.25) is 0 Å². The lowest BCUT2D eigenvalue weighted by atomic mass is 10.1. The van der Waals surface area contributed by atoms with Gasteiger partial charge in [0, 0.05) is 16.8 Å². The fourth-order valence-corrected chi connectivity index (χ4v) is 2.48. The molecular formula is C21H17NO5. The Morgan fingerprint density at radius 2 is 1.74 bits per heavy atom. The molecule has 0 unspecified atom stereocenters. The molecule has 3 aromatic rings. The molecule has 1 atom stereocenters. The van der Waals surface area contributed by atoms with Gasteiger partial charge in [-0.05, 0) is 31.2 Å². The second kappa shape index (κ2) is 8.14. The summed E-state index contributed by atoms with van der Waals surface area (Å²) in [6.07, 6.45) is 0.173. The maximum absolute atomic E-state index is 12.8. The predicted molar refractivity (Wildman–Crippen MR) is 98.4 cm³/mol. The normalized spacial score (nSPS) is 11.4. The van der Waals surface area contributed by atoms with Crippen molar-refractivity contribution < 1.29 is 23.5 Å². The molecule has 1 amide bonds. The summed E-state index contributed by atoms with van der Waals surface area (Å²) in [5, 5.41) is 2.69. The molecule has 0 aliphatic heterocycles. The van der Waals surface area contributed by atoms with E-state index in [9.17, 15) is 14.4 Å². The Balaban J connectivity index is 1.84. The van der Waals surface area contributed by atoms with Crippen LogP contribution in [0.3, 0.4) is 0 Å². The highest BCUT2D eigenvalue weighted by molar-refractivity contribution is 5.99. The number of esters is 1. The van der Waals surface area contributed by atoms with Crippen molar-refractivity contribution >= 4 is 23.3 Å². The summed E-state index contributed by atoms with van der Waals surface area (Å²) in [4.78, 5) is 36.6. The van der Waals surface area contributed by atoms with Crippen molar-refractivity contribution in [2.45, 2.75) is 13.0 Å². The van der Waals surface area contributed by atoms with Gasteiger partial charge in [0.05, 0.1) is 6.26 Å². The minimum atomic E-state index is -1.18. The van der Waals surface area contributed by atoms with E-state index in [0.29, 0.717) is 16.8 Å². The van der Waals surface area contributed by atoms with Gasteiger partial charge in [-0.3, -0.25) is 9.59 Å². The Kier molecular flexibility index (Phi) is 5.47. The van der Waals surface area contributed by atoms with Crippen molar-refractivity contribution in [1.29, 1.82) is 0 Å². The number of amides is 1. The van der Waals surface area contributed by atoms with Crippen molar-refractivity contribution in [2.75, 3.05) is 5.32 Å². The Labute approximate surface area is 155 Å². The van der Waals surface area contributed by atoms with Crippen LogP contribution in [0.5, 0.6) is 0 Å². The van der Waals surface area contributed by atoms with Crippen LogP contribution < -0.4 is 5.32 Å². The number of anilines is 1. The third-order valence-electron chi connectivity index (χ3n) is 3.82. The van der Waals surface area contributed by atoms with Crippen LogP contribution in [0, 0.1) is 0 Å². The van der Waals surface area contributed by atoms with E-state index in [2.05, 4.69) is 5.32 Å². The zero-order valence-corrected chi connectivity index (χ0v) is 14.5. The number of rotatable bonds is 6. The number of hydrogen-bond donors (Lipinski definition) is 1. The largest absolute Gasteiger partial charge is 0.457 e. The van der Waals surface area contributed by atoms with Crippen molar-refractivity contribution in [3.8, 4) is 0 Å². The summed E-state index contributed by atoms with van der Waals surface area (Å²) >= 11 is 0. The molecule has 136 valence electrons. The van der Waals surface area contributed by atoms with Gasteiger partial charge in [0.2, 0.25) is 11.9 Å². The zero-order valence-electron chi connectivity index (χ0n) is 14.5. The summed E-state index contributed by atoms with van der Waals surface area (Å²) in [5.74, 6) is -1.40. The minimum absolute atomic E-state index is 0.00214. The molecule has 3 rings (SSSR count). The molecule has 0 saturated carbocycles. The summed E-state index contributed by atoms with van der Waals surface area (Å²) in [5.41, 5.74) is 1.41. The third-order valence-corrected chi connectivity index (χ3v) is 3.82. The van der Waals surface area contributed by atoms with Crippen LogP contribution >= 0.6 is 0 Å². The molecule has 1 N–H and O–H groups in total. The molecule has 1 aromatic heterocycles. The average Bonchev–Trinajstić information content (AvgIpc) is 3.21. The first-order valence-electron chi connectivity index (χ1n) is 8.26. The summed E-state index contributed by atoms with van der Waals surface area (Å²) in [6.45, 7) is 1.44. The molecule has 0 radical (unpaired) electrons. The number of ketones is 1. The van der Waals surface area contributed by atoms with Gasteiger partial charge in [-0.2, -0.15) is 0 Å². The highest BCUT2D eigenvalue weighted by atomic mass is 16.6. The van der Waals surface area contributed by atoms with Crippen LogP contribution in [0.4, 0.5) is 5.69 Å². The molecule has 0 aliphatic rings. The molecule has 6 nitrogen and oxygen atoms in total. The van der Waals surface area contributed by atoms with Gasteiger partial charge >= 0.3 is 5.97 Å². The maximum Gasteiger partial charge on any atom is 0.375 e. The van der Waals surface area contributed by atoms with Gasteiger partial charge < -0.3 is 14.5 Å². The van der Waals surface area contributed by atoms with E-state index in [1.165, 1.54) is 19.3 Å². The van der Waals surface area contributed by atoms with Gasteiger partial charge in [0.1, 0.15) is 0 Å². The van der Waals surface area contributed by atoms with Crippen LogP contribution in [-0.4, -0.2) is 17.7 Å². The highest BCUT2D eigenvalue weighted by Crippen LogP contribution is 2.22. The van der Waals surface area contributed by atoms with Gasteiger partial charge in [-0.1, -0.05) is 42.5 Å². The minimum Gasteiger partial charge on any atom is -0.457 e. The molecule has 2 aromatic carbocycles. The molecule has 1 heterocycles. The van der Waals surface area contributed by atoms with Crippen LogP contribution in [0.15, 0.2) is 77.4 Å². The summed E-state index contributed by atoms with van der Waals surface area (Å²) in [7, 11) is 0. The van der Waals surface area contributed by atoms with E-state index in [1.54, 1.807) is 60.7 Å². The third kappa shape index (κ3) is 4.49. The lowest BCUT2D eigenvalue weighted by Crippen LogP contribution is -2.26. The summed E-state index contributed by atoms with van der Waals surface area (Å²) < 4.78 is 10.4. The van der Waals surface area contributed by atoms with Crippen LogP contribution in [0.25, 0.3) is 0 Å². The fourth-order valence-electron chi connectivity index (χ4n) is 2.48. The van der Waals surface area contributed by atoms with E-state index in [0.717, 1.165) is 0 Å². The Bertz CT molecular complexity index is 948. The van der Waals surface area contributed by atoms with Crippen LogP contribution in [-0.2, 0) is 9.53 Å². The molecule has 0 bridgehead atoms. The quantitative estimate of drug-likeness (QED) is 0.528. The molecule has 0 aliphatic carbocycles. The first kappa shape index (κ1) is 18.1. The van der Waals surface area contributed by atoms with E-state index < -0.39 is 18.0 Å². The summed E-state index contributed by atoms with van der Waals surface area (Å²) in [6, 6.07) is 18.2. The Hall–Kier alpha value is -3.67. The standard InChI is InChI=1S/C21H17NO5/c1-14(23)16-9-5-10-17(13-16)22-20(24)19(15-7-3-2-4-8-15)27-21(25)18-11-6-12-26-18/h2-13,19H,1H3,(H,22,24)/t19-/m0/s1. The smallest absolute Gasteiger partial charge is 0.375 e.